The molecule has 0 radical (unpaired) electrons. The third kappa shape index (κ3) is 3.32. The predicted molar refractivity (Wildman–Crippen MR) is 103 cm³/mol. The number of nitrogens with zero attached hydrogens (tertiary/aromatic N) is 1. The van der Waals surface area contributed by atoms with E-state index in [1.54, 1.807) is 60.7 Å². The first-order chi connectivity index (χ1) is 13.0. The Morgan fingerprint density at radius 1 is 1.00 bits per heavy atom. The van der Waals surface area contributed by atoms with Crippen LogP contribution in [0.15, 0.2) is 77.7 Å². The van der Waals surface area contributed by atoms with E-state index in [1.165, 1.54) is 16.4 Å². The highest BCUT2D eigenvalue weighted by molar-refractivity contribution is 7.89. The molecule has 0 spiro atoms. The zero-order chi connectivity index (χ0) is 19.0. The molecule has 4 rings (SSSR count). The van der Waals surface area contributed by atoms with Gasteiger partial charge in [-0.3, -0.25) is 0 Å². The molecular formula is C20H16ClFN2O2S. The second-order valence-electron chi connectivity index (χ2n) is 6.24. The molecule has 27 heavy (non-hydrogen) atoms. The Morgan fingerprint density at radius 3 is 2.52 bits per heavy atom. The van der Waals surface area contributed by atoms with Gasteiger partial charge in [-0.1, -0.05) is 54.1 Å². The Morgan fingerprint density at radius 2 is 1.74 bits per heavy atom. The molecule has 1 atom stereocenters. The molecule has 3 aromatic carbocycles. The van der Waals surface area contributed by atoms with Crippen LogP contribution in [0.25, 0.3) is 0 Å². The fraction of sp³-hybridized carbons (Fsp3) is 0.100. The third-order valence-corrected chi connectivity index (χ3v) is 6.69. The molecule has 138 valence electrons. The number of fused-ring (bicyclic) bond motifs is 1. The van der Waals surface area contributed by atoms with Gasteiger partial charge in [-0.2, -0.15) is 4.31 Å². The van der Waals surface area contributed by atoms with Gasteiger partial charge in [-0.15, -0.1) is 0 Å². The lowest BCUT2D eigenvalue weighted by Gasteiger charge is -2.37. The van der Waals surface area contributed by atoms with Crippen LogP contribution < -0.4 is 5.32 Å². The number of hydrogen-bond donors (Lipinski definition) is 1. The van der Waals surface area contributed by atoms with Crippen LogP contribution in [0.2, 0.25) is 5.02 Å². The lowest BCUT2D eigenvalue weighted by Crippen LogP contribution is -2.42. The van der Waals surface area contributed by atoms with Crippen molar-refractivity contribution in [3.63, 3.8) is 0 Å². The van der Waals surface area contributed by atoms with Gasteiger partial charge in [0.15, 0.2) is 0 Å². The minimum atomic E-state index is -3.82. The van der Waals surface area contributed by atoms with Crippen molar-refractivity contribution < 1.29 is 12.8 Å². The van der Waals surface area contributed by atoms with Gasteiger partial charge in [-0.25, -0.2) is 12.8 Å². The Kier molecular flexibility index (Phi) is 4.63. The largest absolute Gasteiger partial charge is 0.364 e. The van der Waals surface area contributed by atoms with Crippen molar-refractivity contribution >= 4 is 27.3 Å². The molecule has 0 aliphatic carbocycles. The van der Waals surface area contributed by atoms with E-state index >= 15 is 0 Å². The van der Waals surface area contributed by atoms with Crippen molar-refractivity contribution in [2.75, 3.05) is 5.32 Å². The molecule has 0 aromatic heterocycles. The summed E-state index contributed by atoms with van der Waals surface area (Å²) in [4.78, 5) is 0.185. The van der Waals surface area contributed by atoms with Crippen LogP contribution >= 0.6 is 11.6 Å². The molecule has 1 aliphatic heterocycles. The normalized spacial score (nSPS) is 18.5. The van der Waals surface area contributed by atoms with Crippen LogP contribution in [0.1, 0.15) is 17.3 Å². The summed E-state index contributed by atoms with van der Waals surface area (Å²) in [6.07, 6.45) is -0.707. The number of sulfonamides is 1. The highest BCUT2D eigenvalue weighted by Crippen LogP contribution is 2.40. The van der Waals surface area contributed by atoms with Crippen molar-refractivity contribution in [2.45, 2.75) is 17.6 Å². The second-order valence-corrected chi connectivity index (χ2v) is 8.51. The van der Waals surface area contributed by atoms with E-state index in [1.807, 2.05) is 0 Å². The highest BCUT2D eigenvalue weighted by Gasteiger charge is 2.39. The Labute approximate surface area is 162 Å². The quantitative estimate of drug-likeness (QED) is 0.685. The zero-order valence-electron chi connectivity index (χ0n) is 14.1. The molecule has 0 saturated heterocycles. The highest BCUT2D eigenvalue weighted by atomic mass is 35.5. The smallest absolute Gasteiger partial charge is 0.247 e. The summed E-state index contributed by atoms with van der Waals surface area (Å²) < 4.78 is 41.6. The first kappa shape index (κ1) is 18.0. The summed E-state index contributed by atoms with van der Waals surface area (Å²) >= 11 is 6.35. The first-order valence-electron chi connectivity index (χ1n) is 8.33. The molecule has 1 heterocycles. The van der Waals surface area contributed by atoms with E-state index in [9.17, 15) is 12.8 Å². The number of hydrogen-bond acceptors (Lipinski definition) is 3. The predicted octanol–water partition coefficient (Wildman–Crippen LogP) is 4.79. The van der Waals surface area contributed by atoms with E-state index in [0.717, 1.165) is 0 Å². The fourth-order valence-electron chi connectivity index (χ4n) is 3.22. The molecule has 0 bridgehead atoms. The standard InChI is InChI=1S/C20H16ClFN2O2S/c21-17-9-2-1-8-16(17)20-23-18-10-3-4-11-19(18)27(25,26)24(20)13-14-6-5-7-15(22)12-14/h1-12,20,23H,13H2/t20-/m1/s1. The average molecular weight is 403 g/mol. The monoisotopic (exact) mass is 402 g/mol. The van der Waals surface area contributed by atoms with Crippen molar-refractivity contribution in [3.8, 4) is 0 Å². The van der Waals surface area contributed by atoms with Gasteiger partial charge in [0.05, 0.1) is 5.69 Å². The first-order valence-corrected chi connectivity index (χ1v) is 10.1. The topological polar surface area (TPSA) is 49.4 Å². The van der Waals surface area contributed by atoms with E-state index in [-0.39, 0.29) is 11.4 Å². The minimum absolute atomic E-state index is 0.0112. The number of para-hydroxylation sites is 1. The van der Waals surface area contributed by atoms with Crippen LogP contribution in [0.3, 0.4) is 0 Å². The van der Waals surface area contributed by atoms with E-state index in [2.05, 4.69) is 5.32 Å². The molecule has 7 heteroatoms. The molecule has 1 aliphatic rings. The molecule has 3 aromatic rings. The maximum absolute atomic E-state index is 13.6. The Balaban J connectivity index is 1.86. The van der Waals surface area contributed by atoms with Crippen LogP contribution in [0, 0.1) is 5.82 Å². The van der Waals surface area contributed by atoms with Crippen LogP contribution in [0.5, 0.6) is 0 Å². The number of benzene rings is 3. The summed E-state index contributed by atoms with van der Waals surface area (Å²) in [5, 5.41) is 3.72. The van der Waals surface area contributed by atoms with E-state index in [0.29, 0.717) is 21.8 Å². The van der Waals surface area contributed by atoms with Gasteiger partial charge >= 0.3 is 0 Å². The fourth-order valence-corrected chi connectivity index (χ4v) is 5.13. The van der Waals surface area contributed by atoms with Gasteiger partial charge in [0.25, 0.3) is 0 Å². The number of anilines is 1. The van der Waals surface area contributed by atoms with Crippen LogP contribution in [-0.2, 0) is 16.6 Å². The molecule has 0 amide bonds. The van der Waals surface area contributed by atoms with Crippen molar-refractivity contribution in [1.29, 1.82) is 0 Å². The lowest BCUT2D eigenvalue weighted by atomic mass is 10.1. The Bertz CT molecular complexity index is 1100. The number of nitrogens with one attached hydrogen (secondary N) is 1. The summed E-state index contributed by atoms with van der Waals surface area (Å²) in [6.45, 7) is 0.0112. The molecule has 0 unspecified atom stereocenters. The second kappa shape index (κ2) is 6.96. The zero-order valence-corrected chi connectivity index (χ0v) is 15.7. The van der Waals surface area contributed by atoms with Crippen molar-refractivity contribution in [1.82, 2.24) is 4.31 Å². The van der Waals surface area contributed by atoms with Gasteiger partial charge in [0.1, 0.15) is 16.9 Å². The summed E-state index contributed by atoms with van der Waals surface area (Å²) in [5.74, 6) is -0.412. The van der Waals surface area contributed by atoms with E-state index in [4.69, 9.17) is 11.6 Å². The van der Waals surface area contributed by atoms with Gasteiger partial charge in [0, 0.05) is 17.1 Å². The van der Waals surface area contributed by atoms with Crippen molar-refractivity contribution in [2.24, 2.45) is 0 Å². The average Bonchev–Trinajstić information content (AvgIpc) is 2.65. The molecular weight excluding hydrogens is 387 g/mol. The number of halogens is 2. The van der Waals surface area contributed by atoms with Crippen LogP contribution in [0.4, 0.5) is 10.1 Å². The summed E-state index contributed by atoms with van der Waals surface area (Å²) in [5.41, 5.74) is 1.70. The summed E-state index contributed by atoms with van der Waals surface area (Å²) in [7, 11) is -3.82. The SMILES string of the molecule is O=S1(=O)c2ccccc2N[C@@H](c2ccccc2Cl)N1Cc1cccc(F)c1. The number of rotatable bonds is 3. The maximum atomic E-state index is 13.6. The lowest BCUT2D eigenvalue weighted by molar-refractivity contribution is 0.336. The molecule has 0 fully saturated rings. The van der Waals surface area contributed by atoms with E-state index < -0.39 is 22.0 Å². The van der Waals surface area contributed by atoms with Gasteiger partial charge in [0.2, 0.25) is 10.0 Å². The molecule has 4 nitrogen and oxygen atoms in total. The Hall–Kier alpha value is -2.41. The van der Waals surface area contributed by atoms with Crippen LogP contribution in [-0.4, -0.2) is 12.7 Å². The molecule has 1 N–H and O–H groups in total. The third-order valence-electron chi connectivity index (χ3n) is 4.48. The molecule has 0 saturated carbocycles. The van der Waals surface area contributed by atoms with Gasteiger partial charge < -0.3 is 5.32 Å². The maximum Gasteiger partial charge on any atom is 0.247 e. The van der Waals surface area contributed by atoms with Gasteiger partial charge in [-0.05, 0) is 35.9 Å². The summed E-state index contributed by atoms with van der Waals surface area (Å²) in [6, 6.07) is 19.7. The minimum Gasteiger partial charge on any atom is -0.364 e. The van der Waals surface area contributed by atoms with Crippen molar-refractivity contribution in [3.05, 3.63) is 94.8 Å².